The van der Waals surface area contributed by atoms with Gasteiger partial charge in [0.15, 0.2) is 11.0 Å². The van der Waals surface area contributed by atoms with E-state index in [-0.39, 0.29) is 0 Å². The third kappa shape index (κ3) is 4.27. The topological polar surface area (TPSA) is 79.4 Å². The SMILES string of the molecule is COc1cccc(-c2nnc(SCc3cc(=O)oc4cc(OC)ccc34)n2-c2ccccc2)c1. The number of para-hydroxylation sites is 1. The molecule has 34 heavy (non-hydrogen) atoms. The summed E-state index contributed by atoms with van der Waals surface area (Å²) in [6.45, 7) is 0. The van der Waals surface area contributed by atoms with E-state index < -0.39 is 5.63 Å². The molecule has 0 radical (unpaired) electrons. The Bertz CT molecular complexity index is 1510. The molecule has 0 amide bonds. The molecular formula is C26H21N3O4S. The van der Waals surface area contributed by atoms with Crippen molar-refractivity contribution >= 4 is 22.7 Å². The van der Waals surface area contributed by atoms with E-state index in [1.165, 1.54) is 17.8 Å². The molecule has 0 spiro atoms. The second-order valence-corrected chi connectivity index (χ2v) is 8.39. The summed E-state index contributed by atoms with van der Waals surface area (Å²) in [5, 5.41) is 10.5. The predicted molar refractivity (Wildman–Crippen MR) is 132 cm³/mol. The number of aromatic nitrogens is 3. The van der Waals surface area contributed by atoms with Gasteiger partial charge in [0.25, 0.3) is 0 Å². The fourth-order valence-corrected chi connectivity index (χ4v) is 4.66. The molecule has 0 unspecified atom stereocenters. The van der Waals surface area contributed by atoms with Crippen molar-refractivity contribution in [1.29, 1.82) is 0 Å². The van der Waals surface area contributed by atoms with Gasteiger partial charge in [0, 0.05) is 34.5 Å². The summed E-state index contributed by atoms with van der Waals surface area (Å²) in [6.07, 6.45) is 0. The average molecular weight is 472 g/mol. The quantitative estimate of drug-likeness (QED) is 0.234. The Hall–Kier alpha value is -4.04. The lowest BCUT2D eigenvalue weighted by molar-refractivity contribution is 0.414. The van der Waals surface area contributed by atoms with Crippen LogP contribution in [0.25, 0.3) is 28.0 Å². The number of methoxy groups -OCH3 is 2. The molecule has 5 aromatic rings. The Balaban J connectivity index is 1.55. The summed E-state index contributed by atoms with van der Waals surface area (Å²) in [5.41, 5.74) is 2.77. The van der Waals surface area contributed by atoms with Crippen LogP contribution < -0.4 is 15.1 Å². The van der Waals surface area contributed by atoms with Gasteiger partial charge in [-0.15, -0.1) is 10.2 Å². The average Bonchev–Trinajstić information content (AvgIpc) is 3.31. The lowest BCUT2D eigenvalue weighted by Crippen LogP contribution is -2.02. The van der Waals surface area contributed by atoms with Gasteiger partial charge in [-0.1, -0.05) is 42.1 Å². The molecule has 2 aromatic heterocycles. The number of thioether (sulfide) groups is 1. The molecular weight excluding hydrogens is 450 g/mol. The van der Waals surface area contributed by atoms with Crippen LogP contribution in [-0.4, -0.2) is 29.0 Å². The predicted octanol–water partition coefficient (Wildman–Crippen LogP) is 5.35. The first-order valence-corrected chi connectivity index (χ1v) is 11.5. The highest BCUT2D eigenvalue weighted by Crippen LogP contribution is 2.32. The molecule has 0 aliphatic heterocycles. The molecule has 0 N–H and O–H groups in total. The third-order valence-electron chi connectivity index (χ3n) is 5.37. The molecule has 7 nitrogen and oxygen atoms in total. The van der Waals surface area contributed by atoms with Crippen molar-refractivity contribution in [2.45, 2.75) is 10.9 Å². The van der Waals surface area contributed by atoms with Crippen molar-refractivity contribution in [3.63, 3.8) is 0 Å². The smallest absolute Gasteiger partial charge is 0.336 e. The normalized spacial score (nSPS) is 11.0. The van der Waals surface area contributed by atoms with Gasteiger partial charge in [0.1, 0.15) is 17.1 Å². The Kier molecular flexibility index (Phi) is 6.05. The molecule has 0 aliphatic rings. The van der Waals surface area contributed by atoms with Crippen LogP contribution in [-0.2, 0) is 5.75 Å². The Morgan fingerprint density at radius 3 is 2.47 bits per heavy atom. The highest BCUT2D eigenvalue weighted by atomic mass is 32.2. The first-order chi connectivity index (χ1) is 16.7. The van der Waals surface area contributed by atoms with Gasteiger partial charge >= 0.3 is 5.63 Å². The van der Waals surface area contributed by atoms with Crippen LogP contribution in [0.4, 0.5) is 0 Å². The van der Waals surface area contributed by atoms with E-state index in [2.05, 4.69) is 10.2 Å². The molecule has 170 valence electrons. The van der Waals surface area contributed by atoms with Gasteiger partial charge in [-0.05, 0) is 42.0 Å². The summed E-state index contributed by atoms with van der Waals surface area (Å²) in [5.74, 6) is 2.59. The summed E-state index contributed by atoms with van der Waals surface area (Å²) in [6, 6.07) is 24.7. The zero-order valence-electron chi connectivity index (χ0n) is 18.6. The second kappa shape index (κ2) is 9.44. The Morgan fingerprint density at radius 1 is 0.882 bits per heavy atom. The van der Waals surface area contributed by atoms with E-state index in [4.69, 9.17) is 13.9 Å². The first-order valence-electron chi connectivity index (χ1n) is 10.5. The molecule has 0 saturated carbocycles. The summed E-state index contributed by atoms with van der Waals surface area (Å²) in [4.78, 5) is 12.2. The maximum Gasteiger partial charge on any atom is 0.336 e. The standard InChI is InChI=1S/C26H21N3O4S/c1-31-20-10-6-7-17(13-20)25-27-28-26(29(25)19-8-4-3-5-9-19)34-16-18-14-24(30)33-23-15-21(32-2)11-12-22(18)23/h3-15H,16H2,1-2H3. The molecule has 5 rings (SSSR count). The molecule has 2 heterocycles. The number of rotatable bonds is 7. The van der Waals surface area contributed by atoms with Crippen molar-refractivity contribution < 1.29 is 13.9 Å². The zero-order valence-corrected chi connectivity index (χ0v) is 19.4. The highest BCUT2D eigenvalue weighted by Gasteiger charge is 2.17. The molecule has 0 fully saturated rings. The Morgan fingerprint density at radius 2 is 1.68 bits per heavy atom. The summed E-state index contributed by atoms with van der Waals surface area (Å²) >= 11 is 1.50. The monoisotopic (exact) mass is 471 g/mol. The van der Waals surface area contributed by atoms with Crippen molar-refractivity contribution in [2.24, 2.45) is 0 Å². The minimum atomic E-state index is -0.405. The fraction of sp³-hybridized carbons (Fsp3) is 0.115. The van der Waals surface area contributed by atoms with Crippen molar-refractivity contribution in [2.75, 3.05) is 14.2 Å². The van der Waals surface area contributed by atoms with Gasteiger partial charge in [-0.3, -0.25) is 4.57 Å². The van der Waals surface area contributed by atoms with E-state index in [1.807, 2.05) is 71.3 Å². The highest BCUT2D eigenvalue weighted by molar-refractivity contribution is 7.98. The lowest BCUT2D eigenvalue weighted by Gasteiger charge is -2.11. The van der Waals surface area contributed by atoms with Gasteiger partial charge in [-0.25, -0.2) is 4.79 Å². The molecule has 0 bridgehead atoms. The van der Waals surface area contributed by atoms with Gasteiger partial charge in [-0.2, -0.15) is 0 Å². The van der Waals surface area contributed by atoms with Gasteiger partial charge in [0.2, 0.25) is 0 Å². The van der Waals surface area contributed by atoms with Crippen LogP contribution in [0, 0.1) is 0 Å². The van der Waals surface area contributed by atoms with Crippen molar-refractivity contribution in [3.8, 4) is 28.6 Å². The minimum Gasteiger partial charge on any atom is -0.497 e. The maximum atomic E-state index is 12.2. The van der Waals surface area contributed by atoms with Crippen LogP contribution in [0.5, 0.6) is 11.5 Å². The number of nitrogens with zero attached hydrogens (tertiary/aromatic N) is 3. The van der Waals surface area contributed by atoms with Crippen LogP contribution in [0.1, 0.15) is 5.56 Å². The lowest BCUT2D eigenvalue weighted by atomic mass is 10.1. The van der Waals surface area contributed by atoms with Crippen molar-refractivity contribution in [1.82, 2.24) is 14.8 Å². The Labute approximate surface area is 200 Å². The number of hydrogen-bond acceptors (Lipinski definition) is 7. The number of fused-ring (bicyclic) bond motifs is 1. The maximum absolute atomic E-state index is 12.2. The van der Waals surface area contributed by atoms with E-state index in [9.17, 15) is 4.79 Å². The van der Waals surface area contributed by atoms with E-state index >= 15 is 0 Å². The zero-order chi connectivity index (χ0) is 23.5. The molecule has 3 aromatic carbocycles. The van der Waals surface area contributed by atoms with Gasteiger partial charge in [0.05, 0.1) is 14.2 Å². The molecule has 0 saturated heterocycles. The largest absolute Gasteiger partial charge is 0.497 e. The first kappa shape index (κ1) is 21.8. The van der Waals surface area contributed by atoms with Crippen LogP contribution in [0.2, 0.25) is 0 Å². The third-order valence-corrected chi connectivity index (χ3v) is 6.35. The molecule has 0 atom stereocenters. The van der Waals surface area contributed by atoms with Crippen LogP contribution in [0.15, 0.2) is 93.2 Å². The summed E-state index contributed by atoms with van der Waals surface area (Å²) < 4.78 is 18.0. The molecule has 8 heteroatoms. The van der Waals surface area contributed by atoms with E-state index in [0.717, 1.165) is 28.0 Å². The van der Waals surface area contributed by atoms with Gasteiger partial charge < -0.3 is 13.9 Å². The second-order valence-electron chi connectivity index (χ2n) is 7.45. The van der Waals surface area contributed by atoms with E-state index in [0.29, 0.717) is 28.1 Å². The van der Waals surface area contributed by atoms with Crippen molar-refractivity contribution in [3.05, 3.63) is 94.8 Å². The van der Waals surface area contributed by atoms with Crippen LogP contribution in [0.3, 0.4) is 0 Å². The van der Waals surface area contributed by atoms with Crippen LogP contribution >= 0.6 is 11.8 Å². The number of benzene rings is 3. The summed E-state index contributed by atoms with van der Waals surface area (Å²) in [7, 11) is 3.22. The number of ether oxygens (including phenoxy) is 2. The van der Waals surface area contributed by atoms with E-state index in [1.54, 1.807) is 20.3 Å². The molecule has 0 aliphatic carbocycles. The number of hydrogen-bond donors (Lipinski definition) is 0. The minimum absolute atomic E-state index is 0.405. The fourth-order valence-electron chi connectivity index (χ4n) is 3.72.